The van der Waals surface area contributed by atoms with Gasteiger partial charge in [-0.05, 0) is 25.8 Å². The number of rotatable bonds is 4. The Labute approximate surface area is 104 Å². The molecule has 0 bridgehead atoms. The molecule has 1 aliphatic rings. The standard InChI is InChI=1S/C11H15N3O4/c1-6-4-8(14-13-6)10(15)12-5-7-2-3-9(18-7)11(16)17/h4,7,9H,2-3,5H2,1H3,(H,12,15)(H,13,14)(H,16,17). The van der Waals surface area contributed by atoms with Gasteiger partial charge in [-0.15, -0.1) is 0 Å². The quantitative estimate of drug-likeness (QED) is 0.705. The minimum absolute atomic E-state index is 0.241. The lowest BCUT2D eigenvalue weighted by atomic mass is 10.2. The van der Waals surface area contributed by atoms with Crippen molar-refractivity contribution in [2.75, 3.05) is 6.54 Å². The van der Waals surface area contributed by atoms with E-state index in [1.807, 2.05) is 0 Å². The average molecular weight is 253 g/mol. The first-order valence-electron chi connectivity index (χ1n) is 5.74. The van der Waals surface area contributed by atoms with Crippen molar-refractivity contribution in [3.05, 3.63) is 17.5 Å². The fourth-order valence-corrected chi connectivity index (χ4v) is 1.87. The van der Waals surface area contributed by atoms with Gasteiger partial charge >= 0.3 is 5.97 Å². The van der Waals surface area contributed by atoms with Crippen molar-refractivity contribution in [2.24, 2.45) is 0 Å². The number of carbonyl (C=O) groups is 2. The van der Waals surface area contributed by atoms with Crippen LogP contribution < -0.4 is 5.32 Å². The van der Waals surface area contributed by atoms with Crippen LogP contribution in [0.15, 0.2) is 6.07 Å². The van der Waals surface area contributed by atoms with Crippen LogP contribution in [0.2, 0.25) is 0 Å². The van der Waals surface area contributed by atoms with Gasteiger partial charge in [-0.25, -0.2) is 4.79 Å². The van der Waals surface area contributed by atoms with Crippen LogP contribution in [-0.4, -0.2) is 45.9 Å². The maximum absolute atomic E-state index is 11.7. The predicted octanol–water partition coefficient (Wildman–Crippen LogP) is 0.0801. The van der Waals surface area contributed by atoms with Gasteiger partial charge in [-0.1, -0.05) is 0 Å². The fraction of sp³-hybridized carbons (Fsp3) is 0.545. The van der Waals surface area contributed by atoms with E-state index in [1.165, 1.54) is 0 Å². The molecule has 1 aromatic heterocycles. The summed E-state index contributed by atoms with van der Waals surface area (Å²) in [6, 6.07) is 1.64. The largest absolute Gasteiger partial charge is 0.479 e. The van der Waals surface area contributed by atoms with Crippen LogP contribution >= 0.6 is 0 Å². The van der Waals surface area contributed by atoms with Gasteiger partial charge in [-0.3, -0.25) is 9.89 Å². The van der Waals surface area contributed by atoms with Crippen molar-refractivity contribution in [3.8, 4) is 0 Å². The Morgan fingerprint density at radius 3 is 2.94 bits per heavy atom. The van der Waals surface area contributed by atoms with Crippen molar-refractivity contribution in [1.29, 1.82) is 0 Å². The Balaban J connectivity index is 1.79. The molecule has 2 unspecified atom stereocenters. The third kappa shape index (κ3) is 2.86. The number of aliphatic carboxylic acids is 1. The molecule has 1 aliphatic heterocycles. The van der Waals surface area contributed by atoms with E-state index in [-0.39, 0.29) is 12.0 Å². The minimum atomic E-state index is -0.952. The van der Waals surface area contributed by atoms with Gasteiger partial charge in [0.25, 0.3) is 5.91 Å². The Morgan fingerprint density at radius 1 is 1.61 bits per heavy atom. The van der Waals surface area contributed by atoms with E-state index in [2.05, 4.69) is 15.5 Å². The van der Waals surface area contributed by atoms with Gasteiger partial charge in [0, 0.05) is 12.2 Å². The van der Waals surface area contributed by atoms with Crippen LogP contribution in [0.4, 0.5) is 0 Å². The summed E-state index contributed by atoms with van der Waals surface area (Å²) >= 11 is 0. The first-order chi connectivity index (χ1) is 8.56. The molecular weight excluding hydrogens is 238 g/mol. The summed E-state index contributed by atoms with van der Waals surface area (Å²) in [5.41, 5.74) is 1.13. The molecule has 2 atom stereocenters. The van der Waals surface area contributed by atoms with Gasteiger partial charge in [0.05, 0.1) is 6.10 Å². The van der Waals surface area contributed by atoms with Gasteiger partial charge in [0.2, 0.25) is 0 Å². The molecule has 0 radical (unpaired) electrons. The number of ether oxygens (including phenoxy) is 1. The van der Waals surface area contributed by atoms with E-state index in [1.54, 1.807) is 13.0 Å². The highest BCUT2D eigenvalue weighted by atomic mass is 16.5. The number of amides is 1. The molecule has 1 amide bonds. The Morgan fingerprint density at radius 2 is 2.39 bits per heavy atom. The van der Waals surface area contributed by atoms with Gasteiger partial charge in [0.1, 0.15) is 5.69 Å². The Hall–Kier alpha value is -1.89. The summed E-state index contributed by atoms with van der Waals surface area (Å²) in [5, 5.41) is 17.9. The number of H-pyrrole nitrogens is 1. The average Bonchev–Trinajstić information content (AvgIpc) is 2.94. The second-order valence-electron chi connectivity index (χ2n) is 4.31. The summed E-state index contributed by atoms with van der Waals surface area (Å²) in [5.74, 6) is -1.24. The highest BCUT2D eigenvalue weighted by Crippen LogP contribution is 2.19. The molecule has 2 heterocycles. The maximum Gasteiger partial charge on any atom is 0.332 e. The zero-order valence-electron chi connectivity index (χ0n) is 9.97. The van der Waals surface area contributed by atoms with E-state index in [0.717, 1.165) is 5.69 Å². The molecule has 2 rings (SSSR count). The third-order valence-corrected chi connectivity index (χ3v) is 2.81. The Kier molecular flexibility index (Phi) is 3.61. The number of aromatic amines is 1. The van der Waals surface area contributed by atoms with E-state index in [4.69, 9.17) is 9.84 Å². The second-order valence-corrected chi connectivity index (χ2v) is 4.31. The monoisotopic (exact) mass is 253 g/mol. The molecule has 0 aromatic carbocycles. The molecule has 0 spiro atoms. The van der Waals surface area contributed by atoms with E-state index < -0.39 is 12.1 Å². The van der Waals surface area contributed by atoms with Gasteiger partial charge in [-0.2, -0.15) is 5.10 Å². The fourth-order valence-electron chi connectivity index (χ4n) is 1.87. The van der Waals surface area contributed by atoms with Crippen LogP contribution in [0.25, 0.3) is 0 Å². The summed E-state index contributed by atoms with van der Waals surface area (Å²) in [7, 11) is 0. The number of hydrogen-bond donors (Lipinski definition) is 3. The lowest BCUT2D eigenvalue weighted by molar-refractivity contribution is -0.149. The number of hydrogen-bond acceptors (Lipinski definition) is 4. The minimum Gasteiger partial charge on any atom is -0.479 e. The van der Waals surface area contributed by atoms with Gasteiger partial charge in [0.15, 0.2) is 6.10 Å². The molecular formula is C11H15N3O4. The Bertz CT molecular complexity index is 457. The highest BCUT2D eigenvalue weighted by molar-refractivity contribution is 5.92. The number of nitrogens with zero attached hydrogens (tertiary/aromatic N) is 1. The maximum atomic E-state index is 11.7. The summed E-state index contributed by atoms with van der Waals surface area (Å²) < 4.78 is 5.27. The molecule has 0 saturated carbocycles. The van der Waals surface area contributed by atoms with Crippen LogP contribution in [0.1, 0.15) is 29.0 Å². The van der Waals surface area contributed by atoms with E-state index >= 15 is 0 Å². The summed E-state index contributed by atoms with van der Waals surface area (Å²) in [4.78, 5) is 22.3. The van der Waals surface area contributed by atoms with Crippen LogP contribution in [0.5, 0.6) is 0 Å². The van der Waals surface area contributed by atoms with Gasteiger partial charge < -0.3 is 15.2 Å². The third-order valence-electron chi connectivity index (χ3n) is 2.81. The van der Waals surface area contributed by atoms with E-state index in [0.29, 0.717) is 25.1 Å². The molecule has 1 saturated heterocycles. The normalized spacial score (nSPS) is 22.9. The molecule has 0 aliphatic carbocycles. The molecule has 98 valence electrons. The molecule has 1 aromatic rings. The number of carbonyl (C=O) groups excluding carboxylic acids is 1. The number of aryl methyl sites for hydroxylation is 1. The van der Waals surface area contributed by atoms with Crippen molar-refractivity contribution in [2.45, 2.75) is 32.0 Å². The lowest BCUT2D eigenvalue weighted by Gasteiger charge is -2.11. The summed E-state index contributed by atoms with van der Waals surface area (Å²) in [6.45, 7) is 2.11. The van der Waals surface area contributed by atoms with Crippen LogP contribution in [-0.2, 0) is 9.53 Å². The predicted molar refractivity (Wildman–Crippen MR) is 61.2 cm³/mol. The zero-order chi connectivity index (χ0) is 13.1. The van der Waals surface area contributed by atoms with Crippen molar-refractivity contribution in [1.82, 2.24) is 15.5 Å². The van der Waals surface area contributed by atoms with Crippen LogP contribution in [0, 0.1) is 6.92 Å². The first-order valence-corrected chi connectivity index (χ1v) is 5.74. The molecule has 7 heteroatoms. The zero-order valence-corrected chi connectivity index (χ0v) is 9.97. The first kappa shape index (κ1) is 12.6. The lowest BCUT2D eigenvalue weighted by Crippen LogP contribution is -2.33. The number of aromatic nitrogens is 2. The molecule has 1 fully saturated rings. The summed E-state index contributed by atoms with van der Waals surface area (Å²) in [6.07, 6.45) is 0.128. The van der Waals surface area contributed by atoms with Crippen molar-refractivity contribution < 1.29 is 19.4 Å². The smallest absolute Gasteiger partial charge is 0.332 e. The topological polar surface area (TPSA) is 104 Å². The van der Waals surface area contributed by atoms with Crippen LogP contribution in [0.3, 0.4) is 0 Å². The molecule has 18 heavy (non-hydrogen) atoms. The number of carboxylic acid groups (broad SMARTS) is 1. The van der Waals surface area contributed by atoms with Crippen molar-refractivity contribution >= 4 is 11.9 Å². The van der Waals surface area contributed by atoms with Crippen molar-refractivity contribution in [3.63, 3.8) is 0 Å². The van der Waals surface area contributed by atoms with E-state index in [9.17, 15) is 9.59 Å². The SMILES string of the molecule is Cc1cc(C(=O)NCC2CCC(C(=O)O)O2)n[nH]1. The number of nitrogens with one attached hydrogen (secondary N) is 2. The highest BCUT2D eigenvalue weighted by Gasteiger charge is 2.30. The number of carboxylic acids is 1. The second kappa shape index (κ2) is 5.18. The molecule has 3 N–H and O–H groups in total. The molecule has 7 nitrogen and oxygen atoms in total.